The monoisotopic (exact) mass is 332 g/mol. The van der Waals surface area contributed by atoms with Gasteiger partial charge in [-0.05, 0) is 24.5 Å². The first kappa shape index (κ1) is 15.6. The van der Waals surface area contributed by atoms with Gasteiger partial charge in [0.15, 0.2) is 0 Å². The topological polar surface area (TPSA) is 60.5 Å². The summed E-state index contributed by atoms with van der Waals surface area (Å²) >= 11 is 0. The number of H-pyrrole nitrogens is 1. The summed E-state index contributed by atoms with van der Waals surface area (Å²) in [6.45, 7) is 1.62. The maximum absolute atomic E-state index is 11.6. The molecule has 0 unspecified atom stereocenters. The van der Waals surface area contributed by atoms with E-state index in [1.54, 1.807) is 0 Å². The predicted octanol–water partition coefficient (Wildman–Crippen LogP) is 3.02. The lowest BCUT2D eigenvalue weighted by Crippen LogP contribution is -2.43. The SMILES string of the molecule is NC(=O)[C@H]1CCCN(c2cc(-c3ccccc3)c3ccccc3[nH+]2)C1. The summed E-state index contributed by atoms with van der Waals surface area (Å²) < 4.78 is 0. The number of rotatable bonds is 3. The van der Waals surface area contributed by atoms with E-state index >= 15 is 0 Å². The fraction of sp³-hybridized carbons (Fsp3) is 0.238. The fourth-order valence-electron chi connectivity index (χ4n) is 3.67. The van der Waals surface area contributed by atoms with Crippen molar-refractivity contribution in [1.82, 2.24) is 0 Å². The molecule has 0 spiro atoms. The number of primary amides is 1. The normalized spacial score (nSPS) is 17.6. The zero-order valence-corrected chi connectivity index (χ0v) is 14.1. The molecule has 0 saturated carbocycles. The fourth-order valence-corrected chi connectivity index (χ4v) is 3.67. The Kier molecular flexibility index (Phi) is 4.10. The van der Waals surface area contributed by atoms with E-state index in [-0.39, 0.29) is 11.8 Å². The summed E-state index contributed by atoms with van der Waals surface area (Å²) in [7, 11) is 0. The van der Waals surface area contributed by atoms with Crippen LogP contribution in [0.1, 0.15) is 12.8 Å². The van der Waals surface area contributed by atoms with E-state index in [1.807, 2.05) is 12.1 Å². The number of para-hydroxylation sites is 1. The summed E-state index contributed by atoms with van der Waals surface area (Å²) in [5, 5.41) is 1.20. The number of nitrogens with one attached hydrogen (secondary N) is 1. The molecule has 25 heavy (non-hydrogen) atoms. The number of aromatic amines is 1. The minimum Gasteiger partial charge on any atom is -0.369 e. The van der Waals surface area contributed by atoms with Crippen LogP contribution in [0, 0.1) is 5.92 Å². The van der Waals surface area contributed by atoms with Crippen molar-refractivity contribution < 1.29 is 9.78 Å². The van der Waals surface area contributed by atoms with Crippen molar-refractivity contribution in [1.29, 1.82) is 0 Å². The number of anilines is 1. The highest BCUT2D eigenvalue weighted by molar-refractivity contribution is 5.93. The van der Waals surface area contributed by atoms with Gasteiger partial charge < -0.3 is 5.73 Å². The Morgan fingerprint density at radius 2 is 1.84 bits per heavy atom. The van der Waals surface area contributed by atoms with Crippen LogP contribution >= 0.6 is 0 Å². The van der Waals surface area contributed by atoms with Gasteiger partial charge in [0.05, 0.1) is 19.0 Å². The number of piperidine rings is 1. The summed E-state index contributed by atoms with van der Waals surface area (Å²) in [4.78, 5) is 17.4. The highest BCUT2D eigenvalue weighted by Crippen LogP contribution is 2.30. The first-order valence-corrected chi connectivity index (χ1v) is 8.77. The van der Waals surface area contributed by atoms with Crippen molar-refractivity contribution in [2.45, 2.75) is 12.8 Å². The van der Waals surface area contributed by atoms with Gasteiger partial charge in [-0.15, -0.1) is 0 Å². The van der Waals surface area contributed by atoms with E-state index in [0.717, 1.165) is 30.7 Å². The quantitative estimate of drug-likeness (QED) is 0.801. The molecule has 1 atom stereocenters. The maximum Gasteiger partial charge on any atom is 0.275 e. The molecule has 1 amide bonds. The molecular formula is C21H22N3O+. The smallest absolute Gasteiger partial charge is 0.275 e. The van der Waals surface area contributed by atoms with Crippen LogP contribution in [-0.4, -0.2) is 19.0 Å². The van der Waals surface area contributed by atoms with E-state index in [9.17, 15) is 4.79 Å². The van der Waals surface area contributed by atoms with E-state index in [2.05, 4.69) is 58.4 Å². The maximum atomic E-state index is 11.6. The predicted molar refractivity (Wildman–Crippen MR) is 100 cm³/mol. The number of aromatic nitrogens is 1. The molecule has 126 valence electrons. The minimum absolute atomic E-state index is 0.0752. The Labute approximate surface area is 147 Å². The van der Waals surface area contributed by atoms with Crippen molar-refractivity contribution in [3.05, 3.63) is 60.7 Å². The van der Waals surface area contributed by atoms with Gasteiger partial charge in [-0.25, -0.2) is 4.98 Å². The number of pyridine rings is 1. The van der Waals surface area contributed by atoms with Crippen molar-refractivity contribution in [2.24, 2.45) is 11.7 Å². The molecule has 2 aromatic carbocycles. The first-order valence-electron chi connectivity index (χ1n) is 8.77. The molecule has 1 aliphatic heterocycles. The highest BCUT2D eigenvalue weighted by Gasteiger charge is 2.30. The van der Waals surface area contributed by atoms with Crippen LogP contribution in [0.5, 0.6) is 0 Å². The molecule has 3 N–H and O–H groups in total. The Morgan fingerprint density at radius 1 is 1.08 bits per heavy atom. The number of amides is 1. The van der Waals surface area contributed by atoms with Gasteiger partial charge >= 0.3 is 0 Å². The Bertz CT molecular complexity index is 907. The van der Waals surface area contributed by atoms with Gasteiger partial charge in [0, 0.05) is 17.0 Å². The molecule has 4 heteroatoms. The standard InChI is InChI=1S/C21H21N3O/c22-21(25)16-9-6-12-24(14-16)20-13-18(15-7-2-1-3-8-15)17-10-4-5-11-19(17)23-20/h1-5,7-8,10-11,13,16H,6,9,12,14H2,(H2,22,25)/p+1/t16-/m0/s1. The molecule has 0 radical (unpaired) electrons. The second kappa shape index (κ2) is 6.55. The molecule has 4 rings (SSSR count). The second-order valence-electron chi connectivity index (χ2n) is 6.67. The molecule has 3 aromatic rings. The van der Waals surface area contributed by atoms with Gasteiger partial charge in [-0.1, -0.05) is 48.5 Å². The van der Waals surface area contributed by atoms with E-state index in [1.165, 1.54) is 16.5 Å². The molecule has 0 bridgehead atoms. The van der Waals surface area contributed by atoms with Gasteiger partial charge in [-0.3, -0.25) is 9.69 Å². The van der Waals surface area contributed by atoms with Crippen LogP contribution in [0.4, 0.5) is 5.82 Å². The summed E-state index contributed by atoms with van der Waals surface area (Å²) in [5.74, 6) is 0.770. The van der Waals surface area contributed by atoms with Gasteiger partial charge in [-0.2, -0.15) is 0 Å². The highest BCUT2D eigenvalue weighted by atomic mass is 16.1. The zero-order chi connectivity index (χ0) is 17.2. The molecule has 0 aliphatic carbocycles. The lowest BCUT2D eigenvalue weighted by Gasteiger charge is -2.26. The van der Waals surface area contributed by atoms with Crippen molar-refractivity contribution in [2.75, 3.05) is 18.0 Å². The number of hydrogen-bond acceptors (Lipinski definition) is 2. The number of nitrogens with two attached hydrogens (primary N) is 1. The summed E-state index contributed by atoms with van der Waals surface area (Å²) in [6, 6.07) is 21.0. The van der Waals surface area contributed by atoms with Crippen LogP contribution in [0.15, 0.2) is 60.7 Å². The van der Waals surface area contributed by atoms with Crippen molar-refractivity contribution in [3.63, 3.8) is 0 Å². The number of carbonyl (C=O) groups excluding carboxylic acids is 1. The van der Waals surface area contributed by atoms with Crippen molar-refractivity contribution in [3.8, 4) is 11.1 Å². The zero-order valence-electron chi connectivity index (χ0n) is 14.1. The van der Waals surface area contributed by atoms with Gasteiger partial charge in [0.1, 0.15) is 5.52 Å². The molecule has 1 fully saturated rings. The third kappa shape index (κ3) is 3.07. The van der Waals surface area contributed by atoms with E-state index in [4.69, 9.17) is 5.73 Å². The molecule has 2 heterocycles. The lowest BCUT2D eigenvalue weighted by atomic mass is 9.96. The first-order chi connectivity index (χ1) is 12.2. The molecule has 1 saturated heterocycles. The van der Waals surface area contributed by atoms with Crippen LogP contribution in [0.25, 0.3) is 22.0 Å². The molecular weight excluding hydrogens is 310 g/mol. The minimum atomic E-state index is -0.200. The van der Waals surface area contributed by atoms with Gasteiger partial charge in [0.2, 0.25) is 5.91 Å². The van der Waals surface area contributed by atoms with Crippen LogP contribution < -0.4 is 15.6 Å². The Hall–Kier alpha value is -2.88. The second-order valence-corrected chi connectivity index (χ2v) is 6.67. The molecule has 1 aliphatic rings. The molecule has 4 nitrogen and oxygen atoms in total. The van der Waals surface area contributed by atoms with Gasteiger partial charge in [0.25, 0.3) is 5.82 Å². The largest absolute Gasteiger partial charge is 0.369 e. The lowest BCUT2D eigenvalue weighted by molar-refractivity contribution is -0.330. The Balaban J connectivity index is 1.81. The third-order valence-corrected chi connectivity index (χ3v) is 5.01. The Morgan fingerprint density at radius 3 is 2.64 bits per heavy atom. The summed E-state index contributed by atoms with van der Waals surface area (Å²) in [5.41, 5.74) is 9.03. The van der Waals surface area contributed by atoms with Crippen LogP contribution in [0.3, 0.4) is 0 Å². The average molecular weight is 332 g/mol. The number of hydrogen-bond donors (Lipinski definition) is 1. The number of nitrogens with zero attached hydrogens (tertiary/aromatic N) is 1. The number of benzene rings is 2. The van der Waals surface area contributed by atoms with Crippen LogP contribution in [-0.2, 0) is 4.79 Å². The number of carbonyl (C=O) groups is 1. The average Bonchev–Trinajstić information content (AvgIpc) is 2.68. The van der Waals surface area contributed by atoms with Crippen LogP contribution in [0.2, 0.25) is 0 Å². The van der Waals surface area contributed by atoms with E-state index < -0.39 is 0 Å². The summed E-state index contributed by atoms with van der Waals surface area (Å²) in [6.07, 6.45) is 1.86. The van der Waals surface area contributed by atoms with Crippen molar-refractivity contribution >= 4 is 22.6 Å². The number of fused-ring (bicyclic) bond motifs is 1. The van der Waals surface area contributed by atoms with E-state index in [0.29, 0.717) is 6.54 Å². The molecule has 1 aromatic heterocycles. The third-order valence-electron chi connectivity index (χ3n) is 5.01.